The summed E-state index contributed by atoms with van der Waals surface area (Å²) < 4.78 is 0. The van der Waals surface area contributed by atoms with Gasteiger partial charge < -0.3 is 20.0 Å². The highest BCUT2D eigenvalue weighted by Crippen LogP contribution is 2.51. The van der Waals surface area contributed by atoms with Crippen molar-refractivity contribution >= 4 is 5.69 Å². The molecule has 5 nitrogen and oxygen atoms in total. The number of benzene rings is 1. The molecule has 32 heavy (non-hydrogen) atoms. The van der Waals surface area contributed by atoms with Crippen molar-refractivity contribution in [3.63, 3.8) is 0 Å². The summed E-state index contributed by atoms with van der Waals surface area (Å²) in [6.45, 7) is 9.70. The number of aromatic nitrogens is 1. The van der Waals surface area contributed by atoms with Crippen molar-refractivity contribution in [1.82, 2.24) is 9.88 Å². The van der Waals surface area contributed by atoms with Gasteiger partial charge in [-0.1, -0.05) is 45.0 Å². The van der Waals surface area contributed by atoms with Gasteiger partial charge in [0.15, 0.2) is 0 Å². The van der Waals surface area contributed by atoms with E-state index in [9.17, 15) is 10.2 Å². The van der Waals surface area contributed by atoms with E-state index in [2.05, 4.69) is 72.9 Å². The summed E-state index contributed by atoms with van der Waals surface area (Å²) >= 11 is 0. The third kappa shape index (κ3) is 3.46. The van der Waals surface area contributed by atoms with Gasteiger partial charge in [-0.3, -0.25) is 4.98 Å². The van der Waals surface area contributed by atoms with Crippen LogP contribution in [0.1, 0.15) is 62.6 Å². The Kier molecular flexibility index (Phi) is 5.16. The average Bonchev–Trinajstić information content (AvgIpc) is 3.55. The normalized spacial score (nSPS) is 27.4. The lowest BCUT2D eigenvalue weighted by Gasteiger charge is -2.56. The molecule has 0 bridgehead atoms. The molecule has 0 spiro atoms. The number of aliphatic hydroxyl groups is 2. The average molecular weight is 436 g/mol. The molecule has 1 aromatic carbocycles. The van der Waals surface area contributed by atoms with Gasteiger partial charge in [0.1, 0.15) is 5.60 Å². The molecule has 0 radical (unpaired) electrons. The molecule has 2 atom stereocenters. The standard InChI is InChI=1S/C27H37N3O2/c1-19(2)20-5-7-22(8-6-20)27(32,25(3)16-29(4)17-25)23-13-24(15-28-14-23)30-12-11-26(31,18-30)21-9-10-21/h5-8,13-15,19,21,31-32H,9-12,16-18H2,1-4H3/t26?,27-/m0/s1. The van der Waals surface area contributed by atoms with Gasteiger partial charge in [-0.15, -0.1) is 0 Å². The minimum absolute atomic E-state index is 0.304. The number of β-amino-alcohol motifs (C(OH)–C–C–N with tert-alkyl or cyclic N) is 1. The summed E-state index contributed by atoms with van der Waals surface area (Å²) in [4.78, 5) is 9.06. The van der Waals surface area contributed by atoms with Gasteiger partial charge in [-0.25, -0.2) is 0 Å². The van der Waals surface area contributed by atoms with Crippen LogP contribution >= 0.6 is 0 Å². The monoisotopic (exact) mass is 435 g/mol. The molecule has 172 valence electrons. The molecular formula is C27H37N3O2. The van der Waals surface area contributed by atoms with Gasteiger partial charge in [-0.05, 0) is 55.3 Å². The number of hydrogen-bond donors (Lipinski definition) is 2. The molecule has 1 saturated carbocycles. The fourth-order valence-electron chi connectivity index (χ4n) is 6.14. The Morgan fingerprint density at radius 2 is 1.75 bits per heavy atom. The van der Waals surface area contributed by atoms with Crippen LogP contribution in [0.2, 0.25) is 0 Å². The van der Waals surface area contributed by atoms with Crippen LogP contribution in [-0.4, -0.2) is 58.9 Å². The maximum absolute atomic E-state index is 12.4. The van der Waals surface area contributed by atoms with Crippen molar-refractivity contribution in [1.29, 1.82) is 0 Å². The molecule has 2 aromatic rings. The van der Waals surface area contributed by atoms with E-state index in [-0.39, 0.29) is 5.41 Å². The first-order chi connectivity index (χ1) is 15.1. The third-order valence-corrected chi connectivity index (χ3v) is 8.23. The lowest BCUT2D eigenvalue weighted by atomic mass is 9.62. The molecule has 5 rings (SSSR count). The molecule has 2 saturated heterocycles. The van der Waals surface area contributed by atoms with E-state index in [0.717, 1.165) is 55.7 Å². The van der Waals surface area contributed by atoms with E-state index in [1.807, 2.05) is 12.4 Å². The first-order valence-corrected chi connectivity index (χ1v) is 12.1. The number of pyridine rings is 1. The number of likely N-dealkylation sites (tertiary alicyclic amines) is 1. The van der Waals surface area contributed by atoms with Crippen molar-refractivity contribution in [2.75, 3.05) is 38.1 Å². The molecule has 2 N–H and O–H groups in total. The van der Waals surface area contributed by atoms with Crippen LogP contribution in [0.4, 0.5) is 5.69 Å². The molecule has 3 fully saturated rings. The number of hydrogen-bond acceptors (Lipinski definition) is 5. The molecule has 5 heteroatoms. The van der Waals surface area contributed by atoms with Gasteiger partial charge in [0.25, 0.3) is 0 Å². The Labute approximate surface area is 192 Å². The fourth-order valence-corrected chi connectivity index (χ4v) is 6.14. The van der Waals surface area contributed by atoms with Crippen molar-refractivity contribution in [3.8, 4) is 0 Å². The van der Waals surface area contributed by atoms with Crippen LogP contribution < -0.4 is 4.90 Å². The summed E-state index contributed by atoms with van der Waals surface area (Å²) in [7, 11) is 2.10. The van der Waals surface area contributed by atoms with Crippen LogP contribution in [0.5, 0.6) is 0 Å². The van der Waals surface area contributed by atoms with Crippen LogP contribution in [-0.2, 0) is 5.60 Å². The van der Waals surface area contributed by atoms with Gasteiger partial charge in [0.2, 0.25) is 0 Å². The number of rotatable bonds is 6. The Hall–Kier alpha value is -1.95. The fraction of sp³-hybridized carbons (Fsp3) is 0.593. The summed E-state index contributed by atoms with van der Waals surface area (Å²) in [5.74, 6) is 0.900. The highest BCUT2D eigenvalue weighted by Gasteiger charge is 2.55. The lowest BCUT2D eigenvalue weighted by Crippen LogP contribution is -2.63. The molecule has 0 amide bonds. The zero-order chi connectivity index (χ0) is 22.7. The maximum atomic E-state index is 12.4. The van der Waals surface area contributed by atoms with Gasteiger partial charge in [0.05, 0.1) is 17.5 Å². The van der Waals surface area contributed by atoms with E-state index in [1.165, 1.54) is 5.56 Å². The zero-order valence-corrected chi connectivity index (χ0v) is 19.9. The van der Waals surface area contributed by atoms with Gasteiger partial charge >= 0.3 is 0 Å². The molecule has 1 aliphatic carbocycles. The number of nitrogens with zero attached hydrogens (tertiary/aromatic N) is 3. The summed E-state index contributed by atoms with van der Waals surface area (Å²) in [6.07, 6.45) is 6.79. The Bertz CT molecular complexity index is 981. The first-order valence-electron chi connectivity index (χ1n) is 12.1. The smallest absolute Gasteiger partial charge is 0.124 e. The third-order valence-electron chi connectivity index (χ3n) is 8.23. The van der Waals surface area contributed by atoms with E-state index in [1.54, 1.807) is 0 Å². The number of anilines is 1. The van der Waals surface area contributed by atoms with Crippen LogP contribution in [0.3, 0.4) is 0 Å². The van der Waals surface area contributed by atoms with Crippen molar-refractivity contribution in [2.45, 2.75) is 57.2 Å². The largest absolute Gasteiger partial charge is 0.388 e. The van der Waals surface area contributed by atoms with E-state index in [0.29, 0.717) is 18.4 Å². The van der Waals surface area contributed by atoms with Crippen molar-refractivity contribution in [2.24, 2.45) is 11.3 Å². The highest BCUT2D eigenvalue weighted by molar-refractivity contribution is 5.52. The molecule has 1 unspecified atom stereocenters. The van der Waals surface area contributed by atoms with E-state index >= 15 is 0 Å². The SMILES string of the molecule is CC(C)c1ccc([C@](O)(c2cncc(N3CCC(O)(C4CC4)C3)c2)C2(C)CN(C)C2)cc1. The maximum Gasteiger partial charge on any atom is 0.124 e. The van der Waals surface area contributed by atoms with Gasteiger partial charge in [-0.2, -0.15) is 0 Å². The lowest BCUT2D eigenvalue weighted by molar-refractivity contribution is -0.127. The highest BCUT2D eigenvalue weighted by atomic mass is 16.3. The predicted octanol–water partition coefficient (Wildman–Crippen LogP) is 3.74. The quantitative estimate of drug-likeness (QED) is 0.724. The molecular weight excluding hydrogens is 398 g/mol. The molecule has 3 heterocycles. The minimum atomic E-state index is -1.13. The predicted molar refractivity (Wildman–Crippen MR) is 128 cm³/mol. The van der Waals surface area contributed by atoms with Crippen molar-refractivity contribution < 1.29 is 10.2 Å². The molecule has 2 aliphatic heterocycles. The second-order valence-corrected chi connectivity index (χ2v) is 11.2. The van der Waals surface area contributed by atoms with Gasteiger partial charge in [0, 0.05) is 43.4 Å². The van der Waals surface area contributed by atoms with Crippen LogP contribution in [0, 0.1) is 11.3 Å². The summed E-state index contributed by atoms with van der Waals surface area (Å²) in [5, 5.41) is 23.4. The second kappa shape index (κ2) is 7.54. The Morgan fingerprint density at radius 1 is 1.06 bits per heavy atom. The second-order valence-electron chi connectivity index (χ2n) is 11.2. The van der Waals surface area contributed by atoms with E-state index < -0.39 is 11.2 Å². The van der Waals surface area contributed by atoms with E-state index in [4.69, 9.17) is 0 Å². The topological polar surface area (TPSA) is 59.8 Å². The summed E-state index contributed by atoms with van der Waals surface area (Å²) in [6, 6.07) is 10.6. The van der Waals surface area contributed by atoms with Crippen LogP contribution in [0.15, 0.2) is 42.7 Å². The van der Waals surface area contributed by atoms with Crippen molar-refractivity contribution in [3.05, 3.63) is 59.4 Å². The minimum Gasteiger partial charge on any atom is -0.388 e. The Morgan fingerprint density at radius 3 is 2.34 bits per heavy atom. The summed E-state index contributed by atoms with van der Waals surface area (Å²) in [5.41, 5.74) is 2.02. The first kappa shape index (κ1) is 21.9. The molecule has 1 aromatic heterocycles. The van der Waals surface area contributed by atoms with Crippen LogP contribution in [0.25, 0.3) is 0 Å². The Balaban J connectivity index is 1.52. The zero-order valence-electron chi connectivity index (χ0n) is 19.9. The molecule has 3 aliphatic rings.